The third kappa shape index (κ3) is 3.21. The molecule has 4 rings (SSSR count). The molecule has 1 N–H and O–H groups in total. The number of benzene rings is 2. The number of nitrogens with one attached hydrogen (secondary N) is 1. The average Bonchev–Trinajstić information content (AvgIpc) is 3.24. The largest absolute Gasteiger partial charge is 0.493 e. The third-order valence-electron chi connectivity index (χ3n) is 3.81. The van der Waals surface area contributed by atoms with Crippen LogP contribution in [-0.2, 0) is 9.47 Å². The van der Waals surface area contributed by atoms with Gasteiger partial charge in [0.25, 0.3) is 0 Å². The number of rotatable bonds is 5. The highest BCUT2D eigenvalue weighted by molar-refractivity contribution is 5.79. The number of imidazole rings is 1. The van der Waals surface area contributed by atoms with Gasteiger partial charge in [-0.2, -0.15) is 0 Å². The number of hydrogen-bond acceptors (Lipinski definition) is 4. The number of fused-ring (bicyclic) bond motifs is 1. The van der Waals surface area contributed by atoms with Gasteiger partial charge in [0.1, 0.15) is 11.6 Å². The van der Waals surface area contributed by atoms with E-state index < -0.39 is 0 Å². The first-order valence-electron chi connectivity index (χ1n) is 7.80. The van der Waals surface area contributed by atoms with Gasteiger partial charge in [-0.3, -0.25) is 0 Å². The molecular formula is C18H18N2O3. The van der Waals surface area contributed by atoms with Crippen molar-refractivity contribution < 1.29 is 14.2 Å². The van der Waals surface area contributed by atoms with Crippen LogP contribution < -0.4 is 4.74 Å². The molecule has 0 radical (unpaired) electrons. The number of hydrogen-bond donors (Lipinski definition) is 1. The van der Waals surface area contributed by atoms with Gasteiger partial charge < -0.3 is 19.2 Å². The molecule has 1 aliphatic rings. The standard InChI is InChI=1S/C18H18N2O3/c1-2-7-16-15(6-1)19-18(20-16)13-4-3-5-14(12-13)21-9-8-17-22-10-11-23-17/h1-7,12,17H,8-11H2,(H,19,20). The van der Waals surface area contributed by atoms with Crippen molar-refractivity contribution in [2.75, 3.05) is 19.8 Å². The van der Waals surface area contributed by atoms with E-state index in [0.29, 0.717) is 19.8 Å². The monoisotopic (exact) mass is 310 g/mol. The van der Waals surface area contributed by atoms with Gasteiger partial charge in [0, 0.05) is 12.0 Å². The van der Waals surface area contributed by atoms with Gasteiger partial charge in [-0.05, 0) is 24.3 Å². The van der Waals surface area contributed by atoms with Gasteiger partial charge in [-0.15, -0.1) is 0 Å². The van der Waals surface area contributed by atoms with Crippen molar-refractivity contribution in [3.63, 3.8) is 0 Å². The molecule has 3 aromatic rings. The van der Waals surface area contributed by atoms with Gasteiger partial charge >= 0.3 is 0 Å². The Morgan fingerprint density at radius 3 is 2.83 bits per heavy atom. The maximum Gasteiger partial charge on any atom is 0.161 e. The highest BCUT2D eigenvalue weighted by Gasteiger charge is 2.15. The van der Waals surface area contributed by atoms with E-state index in [9.17, 15) is 0 Å². The van der Waals surface area contributed by atoms with Crippen LogP contribution in [0, 0.1) is 0 Å². The Morgan fingerprint density at radius 2 is 1.96 bits per heavy atom. The molecule has 5 nitrogen and oxygen atoms in total. The second kappa shape index (κ2) is 6.40. The first-order chi connectivity index (χ1) is 11.4. The fraction of sp³-hybridized carbons (Fsp3) is 0.278. The Bertz CT molecular complexity index is 761. The zero-order valence-electron chi connectivity index (χ0n) is 12.7. The Balaban J connectivity index is 1.46. The van der Waals surface area contributed by atoms with Gasteiger partial charge in [0.2, 0.25) is 0 Å². The fourth-order valence-corrected chi connectivity index (χ4v) is 2.67. The summed E-state index contributed by atoms with van der Waals surface area (Å²) in [5.41, 5.74) is 3.00. The molecule has 23 heavy (non-hydrogen) atoms. The lowest BCUT2D eigenvalue weighted by Gasteiger charge is -2.10. The molecule has 1 saturated heterocycles. The molecule has 1 aliphatic heterocycles. The zero-order valence-corrected chi connectivity index (χ0v) is 12.7. The van der Waals surface area contributed by atoms with Crippen LogP contribution in [0.15, 0.2) is 48.5 Å². The number of para-hydroxylation sites is 2. The number of ether oxygens (including phenoxy) is 3. The van der Waals surface area contributed by atoms with Crippen molar-refractivity contribution in [2.24, 2.45) is 0 Å². The summed E-state index contributed by atoms with van der Waals surface area (Å²) in [6.07, 6.45) is 0.600. The highest BCUT2D eigenvalue weighted by Crippen LogP contribution is 2.24. The molecule has 1 fully saturated rings. The molecule has 0 aliphatic carbocycles. The Labute approximate surface area is 134 Å². The summed E-state index contributed by atoms with van der Waals surface area (Å²) in [5.74, 6) is 1.67. The maximum absolute atomic E-state index is 5.80. The van der Waals surface area contributed by atoms with E-state index in [1.54, 1.807) is 0 Å². The lowest BCUT2D eigenvalue weighted by atomic mass is 10.2. The maximum atomic E-state index is 5.80. The summed E-state index contributed by atoms with van der Waals surface area (Å²) >= 11 is 0. The second-order valence-electron chi connectivity index (χ2n) is 5.44. The van der Waals surface area contributed by atoms with E-state index in [4.69, 9.17) is 14.2 Å². The third-order valence-corrected chi connectivity index (χ3v) is 3.81. The molecule has 0 unspecified atom stereocenters. The SMILES string of the molecule is c1cc(OCCC2OCCO2)cc(-c2nc3ccccc3[nH]2)c1. The Morgan fingerprint density at radius 1 is 1.09 bits per heavy atom. The zero-order chi connectivity index (χ0) is 15.5. The van der Waals surface area contributed by atoms with E-state index in [2.05, 4.69) is 9.97 Å². The molecular weight excluding hydrogens is 292 g/mol. The van der Waals surface area contributed by atoms with Crippen molar-refractivity contribution in [2.45, 2.75) is 12.7 Å². The summed E-state index contributed by atoms with van der Waals surface area (Å²) in [7, 11) is 0. The van der Waals surface area contributed by atoms with Crippen molar-refractivity contribution in [3.05, 3.63) is 48.5 Å². The first kappa shape index (κ1) is 14.2. The highest BCUT2D eigenvalue weighted by atomic mass is 16.7. The topological polar surface area (TPSA) is 56.4 Å². The minimum absolute atomic E-state index is 0.131. The van der Waals surface area contributed by atoms with E-state index in [0.717, 1.165) is 34.6 Å². The second-order valence-corrected chi connectivity index (χ2v) is 5.44. The van der Waals surface area contributed by atoms with Crippen molar-refractivity contribution >= 4 is 11.0 Å². The molecule has 2 aromatic carbocycles. The van der Waals surface area contributed by atoms with Gasteiger partial charge in [0.05, 0.1) is 30.9 Å². The summed E-state index contributed by atoms with van der Waals surface area (Å²) < 4.78 is 16.6. The number of aromatic amines is 1. The average molecular weight is 310 g/mol. The molecule has 0 spiro atoms. The minimum Gasteiger partial charge on any atom is -0.493 e. The van der Waals surface area contributed by atoms with Crippen LogP contribution in [0.1, 0.15) is 6.42 Å². The smallest absolute Gasteiger partial charge is 0.161 e. The van der Waals surface area contributed by atoms with E-state index in [-0.39, 0.29) is 6.29 Å². The summed E-state index contributed by atoms with van der Waals surface area (Å²) in [5, 5.41) is 0. The summed E-state index contributed by atoms with van der Waals surface area (Å²) in [4.78, 5) is 7.95. The fourth-order valence-electron chi connectivity index (χ4n) is 2.67. The predicted molar refractivity (Wildman–Crippen MR) is 87.3 cm³/mol. The van der Waals surface area contributed by atoms with Crippen LogP contribution in [0.3, 0.4) is 0 Å². The molecule has 1 aromatic heterocycles. The van der Waals surface area contributed by atoms with E-state index >= 15 is 0 Å². The Kier molecular flexibility index (Phi) is 3.96. The Hall–Kier alpha value is -2.37. The van der Waals surface area contributed by atoms with E-state index in [1.165, 1.54) is 0 Å². The summed E-state index contributed by atoms with van der Waals surface area (Å²) in [6.45, 7) is 1.91. The van der Waals surface area contributed by atoms with E-state index in [1.807, 2.05) is 48.5 Å². The van der Waals surface area contributed by atoms with Gasteiger partial charge in [0.15, 0.2) is 6.29 Å². The predicted octanol–water partition coefficient (Wildman–Crippen LogP) is 3.37. The molecule has 5 heteroatoms. The van der Waals surface area contributed by atoms with Crippen LogP contribution in [0.25, 0.3) is 22.4 Å². The van der Waals surface area contributed by atoms with Crippen LogP contribution in [0.4, 0.5) is 0 Å². The molecule has 118 valence electrons. The van der Waals surface area contributed by atoms with Crippen molar-refractivity contribution in [1.29, 1.82) is 0 Å². The van der Waals surface area contributed by atoms with Crippen LogP contribution in [0.5, 0.6) is 5.75 Å². The molecule has 0 bridgehead atoms. The normalized spacial score (nSPS) is 15.3. The van der Waals surface area contributed by atoms with Crippen LogP contribution in [0.2, 0.25) is 0 Å². The first-order valence-corrected chi connectivity index (χ1v) is 7.80. The number of nitrogens with zero attached hydrogens (tertiary/aromatic N) is 1. The van der Waals surface area contributed by atoms with Gasteiger partial charge in [-0.1, -0.05) is 24.3 Å². The van der Waals surface area contributed by atoms with Crippen molar-refractivity contribution in [3.8, 4) is 17.1 Å². The lowest BCUT2D eigenvalue weighted by molar-refractivity contribution is -0.0531. The quantitative estimate of drug-likeness (QED) is 0.785. The van der Waals surface area contributed by atoms with Crippen LogP contribution >= 0.6 is 0 Å². The van der Waals surface area contributed by atoms with Crippen LogP contribution in [-0.4, -0.2) is 36.1 Å². The molecule has 2 heterocycles. The number of H-pyrrole nitrogens is 1. The van der Waals surface area contributed by atoms with Crippen molar-refractivity contribution in [1.82, 2.24) is 9.97 Å². The molecule has 0 atom stereocenters. The lowest BCUT2D eigenvalue weighted by Crippen LogP contribution is -2.12. The van der Waals surface area contributed by atoms with Gasteiger partial charge in [-0.25, -0.2) is 4.98 Å². The summed E-state index contributed by atoms with van der Waals surface area (Å²) in [6, 6.07) is 15.9. The minimum atomic E-state index is -0.131. The molecule has 0 saturated carbocycles. The number of aromatic nitrogens is 2. The molecule has 0 amide bonds.